The van der Waals surface area contributed by atoms with Gasteiger partial charge in [-0.05, 0) is 62.7 Å². The summed E-state index contributed by atoms with van der Waals surface area (Å²) in [6.45, 7) is 0.270. The number of rotatable bonds is 8. The largest absolute Gasteiger partial charge is 0.456 e. The van der Waals surface area contributed by atoms with Crippen LogP contribution in [0.5, 0.6) is 0 Å². The molecule has 0 atom stereocenters. The quantitative estimate of drug-likeness (QED) is 0.389. The Morgan fingerprint density at radius 3 is 2.23 bits per heavy atom. The highest BCUT2D eigenvalue weighted by molar-refractivity contribution is 5.83. The molecule has 4 fully saturated rings. The Morgan fingerprint density at radius 2 is 1.65 bits per heavy atom. The first-order valence-corrected chi connectivity index (χ1v) is 9.65. The van der Waals surface area contributed by atoms with Crippen molar-refractivity contribution in [2.75, 3.05) is 19.7 Å². The second-order valence-electron chi connectivity index (χ2n) is 8.20. The van der Waals surface area contributed by atoms with Gasteiger partial charge >= 0.3 is 5.97 Å². The molecule has 4 bridgehead atoms. The molecule has 2 N–H and O–H groups in total. The number of hydrogen-bond acceptors (Lipinski definition) is 4. The lowest BCUT2D eigenvalue weighted by Gasteiger charge is -2.55. The topological polar surface area (TPSA) is 84.5 Å². The molecule has 0 aliphatic heterocycles. The van der Waals surface area contributed by atoms with Crippen molar-refractivity contribution in [3.8, 4) is 12.3 Å². The highest BCUT2D eigenvalue weighted by Gasteiger charge is 2.54. The van der Waals surface area contributed by atoms with Gasteiger partial charge in [-0.2, -0.15) is 0 Å². The van der Waals surface area contributed by atoms with Crippen LogP contribution < -0.4 is 10.6 Å². The first kappa shape index (κ1) is 18.8. The highest BCUT2D eigenvalue weighted by Crippen LogP contribution is 2.60. The minimum Gasteiger partial charge on any atom is -0.456 e. The van der Waals surface area contributed by atoms with E-state index in [9.17, 15) is 14.4 Å². The van der Waals surface area contributed by atoms with E-state index >= 15 is 0 Å². The first-order chi connectivity index (χ1) is 12.5. The van der Waals surface area contributed by atoms with Gasteiger partial charge in [0.25, 0.3) is 5.91 Å². The molecule has 0 unspecified atom stereocenters. The summed E-state index contributed by atoms with van der Waals surface area (Å²) in [4.78, 5) is 35.7. The molecule has 4 aliphatic carbocycles. The zero-order chi connectivity index (χ0) is 18.6. The summed E-state index contributed by atoms with van der Waals surface area (Å²) in [6.07, 6.45) is 12.8. The van der Waals surface area contributed by atoms with Gasteiger partial charge in [0.15, 0.2) is 6.61 Å². The third kappa shape index (κ3) is 4.38. The molecular formula is C20H28N2O4. The molecular weight excluding hydrogens is 332 g/mol. The summed E-state index contributed by atoms with van der Waals surface area (Å²) in [6, 6.07) is 0. The average Bonchev–Trinajstić information content (AvgIpc) is 2.60. The Morgan fingerprint density at radius 1 is 1.04 bits per heavy atom. The van der Waals surface area contributed by atoms with Gasteiger partial charge in [-0.1, -0.05) is 5.92 Å². The van der Waals surface area contributed by atoms with Crippen LogP contribution >= 0.6 is 0 Å². The highest BCUT2D eigenvalue weighted by atomic mass is 16.5. The van der Waals surface area contributed by atoms with Crippen LogP contribution in [0.2, 0.25) is 0 Å². The van der Waals surface area contributed by atoms with E-state index in [4.69, 9.17) is 11.2 Å². The molecule has 0 heterocycles. The summed E-state index contributed by atoms with van der Waals surface area (Å²) >= 11 is 0. The number of nitrogens with one attached hydrogen (secondary N) is 2. The van der Waals surface area contributed by atoms with Crippen LogP contribution in [-0.4, -0.2) is 37.5 Å². The first-order valence-electron chi connectivity index (χ1n) is 9.65. The van der Waals surface area contributed by atoms with E-state index in [1.807, 2.05) is 0 Å². The van der Waals surface area contributed by atoms with Crippen molar-refractivity contribution in [2.45, 2.75) is 51.4 Å². The molecule has 0 aromatic rings. The number of amides is 2. The van der Waals surface area contributed by atoms with E-state index in [2.05, 4.69) is 16.6 Å². The lowest BCUT2D eigenvalue weighted by atomic mass is 9.49. The van der Waals surface area contributed by atoms with Crippen molar-refractivity contribution in [2.24, 2.45) is 23.2 Å². The fourth-order valence-electron chi connectivity index (χ4n) is 5.43. The summed E-state index contributed by atoms with van der Waals surface area (Å²) < 4.78 is 4.88. The number of carbonyl (C=O) groups excluding carboxylic acids is 3. The van der Waals surface area contributed by atoms with E-state index in [0.29, 0.717) is 13.0 Å². The van der Waals surface area contributed by atoms with Crippen LogP contribution in [0.1, 0.15) is 51.4 Å². The zero-order valence-corrected chi connectivity index (χ0v) is 15.2. The van der Waals surface area contributed by atoms with Gasteiger partial charge < -0.3 is 15.4 Å². The van der Waals surface area contributed by atoms with Crippen molar-refractivity contribution < 1.29 is 19.1 Å². The summed E-state index contributed by atoms with van der Waals surface area (Å²) in [5.41, 5.74) is -0.148. The molecule has 6 nitrogen and oxygen atoms in total. The Labute approximate surface area is 154 Å². The fraction of sp³-hybridized carbons (Fsp3) is 0.750. The molecule has 142 valence electrons. The van der Waals surface area contributed by atoms with Gasteiger partial charge in [0.2, 0.25) is 5.91 Å². The second kappa shape index (κ2) is 8.11. The van der Waals surface area contributed by atoms with Crippen molar-refractivity contribution in [3.05, 3.63) is 0 Å². The molecule has 0 aromatic heterocycles. The summed E-state index contributed by atoms with van der Waals surface area (Å²) in [5, 5.41) is 5.46. The third-order valence-corrected chi connectivity index (χ3v) is 6.12. The number of terminal acetylenes is 1. The molecule has 0 saturated heterocycles. The molecule has 0 spiro atoms. The van der Waals surface area contributed by atoms with E-state index in [0.717, 1.165) is 37.0 Å². The maximum atomic E-state index is 12.8. The molecule has 4 aliphatic rings. The SMILES string of the molecule is C#CCNC(=O)COC(=O)CCCNC(=O)C12CC3CC(CC(C3)C1)C2. The van der Waals surface area contributed by atoms with Crippen LogP contribution in [0.25, 0.3) is 0 Å². The standard InChI is InChI=1S/C20H28N2O4/c1-2-5-21-17(23)13-26-18(24)4-3-6-22-19(25)20-10-14-7-15(11-20)9-16(8-14)12-20/h1,14-16H,3-13H2,(H,21,23)(H,22,25). The molecule has 4 rings (SSSR count). The van der Waals surface area contributed by atoms with Gasteiger partial charge in [0, 0.05) is 18.4 Å². The van der Waals surface area contributed by atoms with Crippen LogP contribution in [0.15, 0.2) is 0 Å². The maximum absolute atomic E-state index is 12.8. The number of carbonyl (C=O) groups is 3. The zero-order valence-electron chi connectivity index (χ0n) is 15.2. The van der Waals surface area contributed by atoms with Crippen LogP contribution in [0, 0.1) is 35.5 Å². The van der Waals surface area contributed by atoms with Crippen LogP contribution in [0.3, 0.4) is 0 Å². The molecule has 0 aromatic carbocycles. The van der Waals surface area contributed by atoms with Crippen molar-refractivity contribution in [1.29, 1.82) is 0 Å². The second-order valence-corrected chi connectivity index (χ2v) is 8.20. The molecule has 6 heteroatoms. The van der Waals surface area contributed by atoms with Crippen LogP contribution in [-0.2, 0) is 19.1 Å². The number of ether oxygens (including phenoxy) is 1. The van der Waals surface area contributed by atoms with Gasteiger partial charge in [0.05, 0.1) is 6.54 Å². The van der Waals surface area contributed by atoms with E-state index in [-0.39, 0.29) is 30.9 Å². The van der Waals surface area contributed by atoms with Gasteiger partial charge in [0.1, 0.15) is 0 Å². The smallest absolute Gasteiger partial charge is 0.306 e. The molecule has 0 radical (unpaired) electrons. The Kier molecular flexibility index (Phi) is 5.85. The summed E-state index contributed by atoms with van der Waals surface area (Å²) in [5.74, 6) is 3.82. The minimum atomic E-state index is -0.440. The predicted molar refractivity (Wildman–Crippen MR) is 95.7 cm³/mol. The third-order valence-electron chi connectivity index (χ3n) is 6.12. The van der Waals surface area contributed by atoms with Crippen molar-refractivity contribution in [3.63, 3.8) is 0 Å². The lowest BCUT2D eigenvalue weighted by Crippen LogP contribution is -2.53. The van der Waals surface area contributed by atoms with E-state index < -0.39 is 11.9 Å². The van der Waals surface area contributed by atoms with Crippen molar-refractivity contribution in [1.82, 2.24) is 10.6 Å². The molecule has 2 amide bonds. The number of esters is 1. The number of hydrogen-bond donors (Lipinski definition) is 2. The normalized spacial score (nSPS) is 31.1. The monoisotopic (exact) mass is 360 g/mol. The summed E-state index contributed by atoms with van der Waals surface area (Å²) in [7, 11) is 0. The Hall–Kier alpha value is -2.03. The molecule has 4 saturated carbocycles. The van der Waals surface area contributed by atoms with E-state index in [1.165, 1.54) is 19.3 Å². The van der Waals surface area contributed by atoms with Gasteiger partial charge in [-0.15, -0.1) is 6.42 Å². The Bertz CT molecular complexity index is 572. The van der Waals surface area contributed by atoms with E-state index in [1.54, 1.807) is 0 Å². The predicted octanol–water partition coefficient (Wildman–Crippen LogP) is 1.39. The minimum absolute atomic E-state index is 0.118. The Balaban J connectivity index is 1.33. The van der Waals surface area contributed by atoms with Gasteiger partial charge in [-0.25, -0.2) is 0 Å². The average molecular weight is 360 g/mol. The van der Waals surface area contributed by atoms with Crippen LogP contribution in [0.4, 0.5) is 0 Å². The van der Waals surface area contributed by atoms with Crippen molar-refractivity contribution >= 4 is 17.8 Å². The fourth-order valence-corrected chi connectivity index (χ4v) is 5.43. The molecule has 26 heavy (non-hydrogen) atoms. The lowest BCUT2D eigenvalue weighted by molar-refractivity contribution is -0.149. The maximum Gasteiger partial charge on any atom is 0.306 e. The van der Waals surface area contributed by atoms with Gasteiger partial charge in [-0.3, -0.25) is 14.4 Å².